The van der Waals surface area contributed by atoms with Gasteiger partial charge in [-0.1, -0.05) is 6.42 Å². The van der Waals surface area contributed by atoms with Gasteiger partial charge in [-0.05, 0) is 69.1 Å². The molecule has 1 nitrogen and oxygen atoms in total. The van der Waals surface area contributed by atoms with E-state index in [2.05, 4.69) is 13.8 Å². The Morgan fingerprint density at radius 1 is 1.07 bits per heavy atom. The lowest BCUT2D eigenvalue weighted by atomic mass is 9.76. The Morgan fingerprint density at radius 3 is 2.67 bits per heavy atom. The molecule has 5 atom stereocenters. The second-order valence-electron chi connectivity index (χ2n) is 6.30. The molecule has 3 fully saturated rings. The maximum Gasteiger partial charge on any atom is 0.0519 e. The number of fused-ring (bicyclic) bond motifs is 5. The van der Waals surface area contributed by atoms with Gasteiger partial charge in [-0.3, -0.25) is 0 Å². The number of rotatable bonds is 3. The second kappa shape index (κ2) is 3.76. The molecule has 0 aromatic carbocycles. The van der Waals surface area contributed by atoms with Crippen LogP contribution in [0.5, 0.6) is 0 Å². The third-order valence-electron chi connectivity index (χ3n) is 5.21. The lowest BCUT2D eigenvalue weighted by Gasteiger charge is -2.31. The van der Waals surface area contributed by atoms with Gasteiger partial charge < -0.3 is 4.74 Å². The number of hydrogen-bond donors (Lipinski definition) is 0. The Morgan fingerprint density at radius 2 is 1.87 bits per heavy atom. The maximum absolute atomic E-state index is 5.83. The van der Waals surface area contributed by atoms with Gasteiger partial charge in [0.15, 0.2) is 0 Å². The monoisotopic (exact) mass is 208 g/mol. The highest BCUT2D eigenvalue weighted by Crippen LogP contribution is 2.60. The highest BCUT2D eigenvalue weighted by atomic mass is 16.5. The molecule has 0 aromatic heterocycles. The second-order valence-corrected chi connectivity index (χ2v) is 6.30. The van der Waals surface area contributed by atoms with Crippen LogP contribution in [0.2, 0.25) is 0 Å². The highest BCUT2D eigenvalue weighted by molar-refractivity contribution is 5.02. The molecule has 0 spiro atoms. The molecule has 0 saturated heterocycles. The molecule has 0 radical (unpaired) electrons. The summed E-state index contributed by atoms with van der Waals surface area (Å²) in [6, 6.07) is 0. The van der Waals surface area contributed by atoms with Crippen LogP contribution in [-0.4, -0.2) is 12.7 Å². The molecule has 2 bridgehead atoms. The van der Waals surface area contributed by atoms with E-state index in [1.165, 1.54) is 19.3 Å². The van der Waals surface area contributed by atoms with E-state index < -0.39 is 0 Å². The van der Waals surface area contributed by atoms with E-state index in [-0.39, 0.29) is 0 Å². The van der Waals surface area contributed by atoms with Gasteiger partial charge >= 0.3 is 0 Å². The van der Waals surface area contributed by atoms with E-state index in [0.717, 1.165) is 36.2 Å². The largest absolute Gasteiger partial charge is 0.378 e. The van der Waals surface area contributed by atoms with Crippen LogP contribution < -0.4 is 0 Å². The van der Waals surface area contributed by atoms with Gasteiger partial charge in [0.1, 0.15) is 0 Å². The molecule has 0 N–H and O–H groups in total. The fraction of sp³-hybridized carbons (Fsp3) is 1.00. The zero-order chi connectivity index (χ0) is 10.4. The highest BCUT2D eigenvalue weighted by Gasteiger charge is 2.53. The van der Waals surface area contributed by atoms with Crippen molar-refractivity contribution >= 4 is 0 Å². The van der Waals surface area contributed by atoms with E-state index in [1.54, 1.807) is 12.8 Å². The van der Waals surface area contributed by atoms with Crippen molar-refractivity contribution in [3.8, 4) is 0 Å². The van der Waals surface area contributed by atoms with Crippen LogP contribution >= 0.6 is 0 Å². The molecule has 3 saturated carbocycles. The van der Waals surface area contributed by atoms with Crippen molar-refractivity contribution in [2.75, 3.05) is 6.61 Å². The predicted molar refractivity (Wildman–Crippen MR) is 61.6 cm³/mol. The van der Waals surface area contributed by atoms with E-state index in [4.69, 9.17) is 4.74 Å². The third-order valence-corrected chi connectivity index (χ3v) is 5.21. The standard InChI is InChI=1S/C14H24O/c1-9(2)15-8-11-6-10-7-14(11)13-5-3-4-12(10)13/h9-14H,3-8H2,1-2H3/t10?,11?,12-,13?,14?/m1/s1. The number of ether oxygens (including phenoxy) is 1. The molecule has 3 aliphatic rings. The normalized spacial score (nSPS) is 47.8. The molecular formula is C14H24O. The topological polar surface area (TPSA) is 9.23 Å². The zero-order valence-corrected chi connectivity index (χ0v) is 10.1. The quantitative estimate of drug-likeness (QED) is 0.690. The Labute approximate surface area is 93.6 Å². The van der Waals surface area contributed by atoms with Crippen LogP contribution in [0.1, 0.15) is 46.0 Å². The van der Waals surface area contributed by atoms with E-state index in [1.807, 2.05) is 0 Å². The average Bonchev–Trinajstić information content (AvgIpc) is 2.86. The fourth-order valence-corrected chi connectivity index (χ4v) is 4.72. The average molecular weight is 208 g/mol. The van der Waals surface area contributed by atoms with Crippen LogP contribution in [0.3, 0.4) is 0 Å². The zero-order valence-electron chi connectivity index (χ0n) is 10.1. The van der Waals surface area contributed by atoms with Gasteiger partial charge in [0.25, 0.3) is 0 Å². The summed E-state index contributed by atoms with van der Waals surface area (Å²) in [5, 5.41) is 0. The Balaban J connectivity index is 1.61. The first-order valence-electron chi connectivity index (χ1n) is 6.87. The molecule has 4 unspecified atom stereocenters. The molecule has 15 heavy (non-hydrogen) atoms. The van der Waals surface area contributed by atoms with Crippen molar-refractivity contribution in [2.45, 2.75) is 52.1 Å². The fourth-order valence-electron chi connectivity index (χ4n) is 4.72. The van der Waals surface area contributed by atoms with E-state index in [0.29, 0.717) is 6.10 Å². The summed E-state index contributed by atoms with van der Waals surface area (Å²) in [5.74, 6) is 5.27. The molecule has 0 aromatic rings. The van der Waals surface area contributed by atoms with Crippen LogP contribution in [0, 0.1) is 29.6 Å². The summed E-state index contributed by atoms with van der Waals surface area (Å²) in [4.78, 5) is 0. The SMILES string of the molecule is CC(C)OCC1CC2CC1C1CCC[C@H]21. The molecule has 86 valence electrons. The minimum absolute atomic E-state index is 0.420. The van der Waals surface area contributed by atoms with Crippen LogP contribution in [-0.2, 0) is 4.74 Å². The summed E-state index contributed by atoms with van der Waals surface area (Å²) in [5.41, 5.74) is 0. The predicted octanol–water partition coefficient (Wildman–Crippen LogP) is 3.48. The Bertz CT molecular complexity index is 235. The van der Waals surface area contributed by atoms with Gasteiger partial charge in [-0.15, -0.1) is 0 Å². The first-order chi connectivity index (χ1) is 7.25. The van der Waals surface area contributed by atoms with Gasteiger partial charge in [0, 0.05) is 0 Å². The molecule has 0 heterocycles. The molecule has 3 rings (SSSR count). The summed E-state index contributed by atoms with van der Waals surface area (Å²) in [6.45, 7) is 5.36. The third kappa shape index (κ3) is 1.63. The van der Waals surface area contributed by atoms with E-state index in [9.17, 15) is 0 Å². The molecule has 0 amide bonds. The van der Waals surface area contributed by atoms with Gasteiger partial charge in [0.05, 0.1) is 12.7 Å². The van der Waals surface area contributed by atoms with Crippen molar-refractivity contribution in [3.05, 3.63) is 0 Å². The smallest absolute Gasteiger partial charge is 0.0519 e. The van der Waals surface area contributed by atoms with Gasteiger partial charge in [-0.2, -0.15) is 0 Å². The van der Waals surface area contributed by atoms with Gasteiger partial charge in [0.2, 0.25) is 0 Å². The minimum atomic E-state index is 0.420. The van der Waals surface area contributed by atoms with Gasteiger partial charge in [-0.25, -0.2) is 0 Å². The summed E-state index contributed by atoms with van der Waals surface area (Å²) in [7, 11) is 0. The molecular weight excluding hydrogens is 184 g/mol. The lowest BCUT2D eigenvalue weighted by molar-refractivity contribution is 0.0215. The van der Waals surface area contributed by atoms with Crippen molar-refractivity contribution in [2.24, 2.45) is 29.6 Å². The molecule has 3 aliphatic carbocycles. The van der Waals surface area contributed by atoms with Crippen LogP contribution in [0.4, 0.5) is 0 Å². The molecule has 0 aliphatic heterocycles. The maximum atomic E-state index is 5.83. The lowest BCUT2D eigenvalue weighted by Crippen LogP contribution is -2.28. The number of hydrogen-bond acceptors (Lipinski definition) is 1. The summed E-state index contributed by atoms with van der Waals surface area (Å²) < 4.78 is 5.83. The van der Waals surface area contributed by atoms with Crippen LogP contribution in [0.25, 0.3) is 0 Å². The van der Waals surface area contributed by atoms with Crippen molar-refractivity contribution in [1.82, 2.24) is 0 Å². The molecule has 1 heteroatoms. The minimum Gasteiger partial charge on any atom is -0.378 e. The van der Waals surface area contributed by atoms with Crippen molar-refractivity contribution in [3.63, 3.8) is 0 Å². The summed E-state index contributed by atoms with van der Waals surface area (Å²) in [6.07, 6.45) is 8.04. The summed E-state index contributed by atoms with van der Waals surface area (Å²) >= 11 is 0. The van der Waals surface area contributed by atoms with E-state index >= 15 is 0 Å². The first-order valence-corrected chi connectivity index (χ1v) is 6.87. The first kappa shape index (κ1) is 10.1. The Hall–Kier alpha value is -0.0400. The van der Waals surface area contributed by atoms with Crippen LogP contribution in [0.15, 0.2) is 0 Å². The Kier molecular flexibility index (Phi) is 2.54. The van der Waals surface area contributed by atoms with Crippen molar-refractivity contribution < 1.29 is 4.74 Å². The van der Waals surface area contributed by atoms with Crippen molar-refractivity contribution in [1.29, 1.82) is 0 Å².